The third kappa shape index (κ3) is 3.74. The van der Waals surface area contributed by atoms with Gasteiger partial charge in [0.15, 0.2) is 0 Å². The van der Waals surface area contributed by atoms with E-state index in [0.717, 1.165) is 14.6 Å². The number of rotatable bonds is 5. The maximum Gasteiger partial charge on any atom is 0.451 e. The number of benzene rings is 1. The van der Waals surface area contributed by atoms with Crippen molar-refractivity contribution in [2.45, 2.75) is 33.0 Å². The van der Waals surface area contributed by atoms with E-state index in [-0.39, 0.29) is 18.8 Å². The Bertz CT molecular complexity index is 989. The van der Waals surface area contributed by atoms with Crippen LogP contribution in [0.4, 0.5) is 13.2 Å². The minimum Gasteiger partial charge on any atom is -0.494 e. The maximum absolute atomic E-state index is 13.3. The topological polar surface area (TPSA) is 48.5 Å². The first-order chi connectivity index (χ1) is 12.3. The molecule has 0 aliphatic rings. The summed E-state index contributed by atoms with van der Waals surface area (Å²) in [6, 6.07) is 10.2. The molecule has 0 amide bonds. The number of hydrogen-bond donors (Lipinski definition) is 0. The Morgan fingerprint density at radius 2 is 1.88 bits per heavy atom. The van der Waals surface area contributed by atoms with Crippen molar-refractivity contribution in [3.8, 4) is 5.75 Å². The average molecular weight is 365 g/mol. The summed E-state index contributed by atoms with van der Waals surface area (Å²) < 4.78 is 47.3. The third-order valence-corrected chi connectivity index (χ3v) is 3.90. The van der Waals surface area contributed by atoms with Crippen LogP contribution in [0.15, 0.2) is 41.2 Å². The summed E-state index contributed by atoms with van der Waals surface area (Å²) >= 11 is 0. The van der Waals surface area contributed by atoms with Crippen LogP contribution < -0.4 is 10.3 Å². The molecule has 0 unspecified atom stereocenters. The molecule has 3 rings (SSSR count). The first-order valence-corrected chi connectivity index (χ1v) is 8.12. The van der Waals surface area contributed by atoms with Crippen LogP contribution in [0.5, 0.6) is 5.75 Å². The van der Waals surface area contributed by atoms with Crippen molar-refractivity contribution in [2.24, 2.45) is 0 Å². The summed E-state index contributed by atoms with van der Waals surface area (Å²) in [5.74, 6) is -0.417. The molecule has 0 bridgehead atoms. The molecule has 0 aliphatic carbocycles. The second-order valence-corrected chi connectivity index (χ2v) is 6.13. The molecule has 2 aromatic heterocycles. The van der Waals surface area contributed by atoms with E-state index < -0.39 is 17.6 Å². The van der Waals surface area contributed by atoms with E-state index >= 15 is 0 Å². The van der Waals surface area contributed by atoms with Gasteiger partial charge in [-0.25, -0.2) is 0 Å². The number of pyridine rings is 1. The van der Waals surface area contributed by atoms with Crippen LogP contribution >= 0.6 is 0 Å². The summed E-state index contributed by atoms with van der Waals surface area (Å²) in [5.41, 5.74) is 1.16. The summed E-state index contributed by atoms with van der Waals surface area (Å²) in [4.78, 5) is 11.9. The summed E-state index contributed by atoms with van der Waals surface area (Å²) in [6.45, 7) is 3.88. The number of alkyl halides is 3. The monoisotopic (exact) mass is 365 g/mol. The van der Waals surface area contributed by atoms with Gasteiger partial charge in [-0.15, -0.1) is 5.10 Å². The molecule has 1 aromatic carbocycles. The van der Waals surface area contributed by atoms with Crippen molar-refractivity contribution < 1.29 is 17.9 Å². The number of nitrogens with zero attached hydrogens (tertiary/aromatic N) is 3. The molecule has 26 heavy (non-hydrogen) atoms. The minimum absolute atomic E-state index is 0.0348. The lowest BCUT2D eigenvalue weighted by molar-refractivity contribution is -0.147. The molecule has 0 saturated heterocycles. The molecule has 0 aliphatic heterocycles. The van der Waals surface area contributed by atoms with Crippen LogP contribution in [0.25, 0.3) is 5.65 Å². The van der Waals surface area contributed by atoms with Crippen molar-refractivity contribution in [1.82, 2.24) is 14.2 Å². The van der Waals surface area contributed by atoms with Gasteiger partial charge in [0, 0.05) is 12.6 Å². The minimum atomic E-state index is -4.65. The Morgan fingerprint density at radius 3 is 2.58 bits per heavy atom. The molecule has 0 radical (unpaired) electrons. The Kier molecular flexibility index (Phi) is 4.76. The fourth-order valence-electron chi connectivity index (χ4n) is 2.77. The number of hydrogen-bond acceptors (Lipinski definition) is 3. The molecule has 3 aromatic rings. The second kappa shape index (κ2) is 6.86. The molecule has 0 atom stereocenters. The Morgan fingerprint density at radius 1 is 1.12 bits per heavy atom. The molecule has 5 nitrogen and oxygen atoms in total. The molecule has 0 N–H and O–H groups in total. The predicted octanol–water partition coefficient (Wildman–Crippen LogP) is 3.60. The first kappa shape index (κ1) is 18.0. The van der Waals surface area contributed by atoms with Crippen molar-refractivity contribution in [2.75, 3.05) is 6.61 Å². The van der Waals surface area contributed by atoms with E-state index in [4.69, 9.17) is 4.74 Å². The van der Waals surface area contributed by atoms with Crippen LogP contribution in [0.1, 0.15) is 23.4 Å². The molecular weight excluding hydrogens is 347 g/mol. The second-order valence-electron chi connectivity index (χ2n) is 6.13. The lowest BCUT2D eigenvalue weighted by Gasteiger charge is -2.11. The molecule has 8 heteroatoms. The Hall–Kier alpha value is -2.77. The molecule has 0 saturated carbocycles. The molecular formula is C18H18F3N3O2. The van der Waals surface area contributed by atoms with E-state index in [1.165, 1.54) is 12.1 Å². The lowest BCUT2D eigenvalue weighted by atomic mass is 10.2. The summed E-state index contributed by atoms with van der Waals surface area (Å²) in [6.07, 6.45) is -4.31. The van der Waals surface area contributed by atoms with Gasteiger partial charge in [-0.05, 0) is 49.6 Å². The quantitative estimate of drug-likeness (QED) is 0.649. The van der Waals surface area contributed by atoms with E-state index in [0.29, 0.717) is 17.7 Å². The van der Waals surface area contributed by atoms with Crippen molar-refractivity contribution >= 4 is 5.65 Å². The van der Waals surface area contributed by atoms with E-state index in [1.807, 2.05) is 25.1 Å². The van der Waals surface area contributed by atoms with Gasteiger partial charge >= 0.3 is 6.18 Å². The highest BCUT2D eigenvalue weighted by molar-refractivity contribution is 5.42. The van der Waals surface area contributed by atoms with Gasteiger partial charge in [0.1, 0.15) is 11.4 Å². The first-order valence-electron chi connectivity index (χ1n) is 8.12. The zero-order valence-corrected chi connectivity index (χ0v) is 14.4. The highest BCUT2D eigenvalue weighted by atomic mass is 19.4. The van der Waals surface area contributed by atoms with Crippen LogP contribution in [0.3, 0.4) is 0 Å². The van der Waals surface area contributed by atoms with Gasteiger partial charge in [0.25, 0.3) is 5.56 Å². The van der Waals surface area contributed by atoms with Gasteiger partial charge in [-0.1, -0.05) is 12.1 Å². The molecule has 2 heterocycles. The van der Waals surface area contributed by atoms with Crippen LogP contribution in [-0.2, 0) is 12.7 Å². The van der Waals surface area contributed by atoms with Gasteiger partial charge in [-0.2, -0.15) is 17.7 Å². The van der Waals surface area contributed by atoms with E-state index in [9.17, 15) is 18.0 Å². The van der Waals surface area contributed by atoms with Gasteiger partial charge in [-0.3, -0.25) is 4.79 Å². The molecule has 138 valence electrons. The van der Waals surface area contributed by atoms with E-state index in [1.54, 1.807) is 13.0 Å². The Labute approximate surface area is 147 Å². The van der Waals surface area contributed by atoms with Gasteiger partial charge < -0.3 is 9.30 Å². The normalized spacial score (nSPS) is 11.9. The van der Waals surface area contributed by atoms with Crippen molar-refractivity contribution in [1.29, 1.82) is 0 Å². The van der Waals surface area contributed by atoms with E-state index in [2.05, 4.69) is 5.10 Å². The fraction of sp³-hybridized carbons (Fsp3) is 0.333. The number of aryl methyl sites for hydroxylation is 3. The van der Waals surface area contributed by atoms with Crippen LogP contribution in [0, 0.1) is 13.8 Å². The van der Waals surface area contributed by atoms with Crippen molar-refractivity contribution in [3.63, 3.8) is 0 Å². The lowest BCUT2D eigenvalue weighted by Crippen LogP contribution is -2.16. The predicted molar refractivity (Wildman–Crippen MR) is 90.5 cm³/mol. The molecule has 0 spiro atoms. The summed E-state index contributed by atoms with van der Waals surface area (Å²) in [5, 5.41) is 3.47. The zero-order chi connectivity index (χ0) is 18.9. The highest BCUT2D eigenvalue weighted by Gasteiger charge is 2.38. The number of aromatic nitrogens is 3. The van der Waals surface area contributed by atoms with Gasteiger partial charge in [0.05, 0.1) is 6.61 Å². The largest absolute Gasteiger partial charge is 0.494 e. The van der Waals surface area contributed by atoms with Crippen LogP contribution in [0.2, 0.25) is 0 Å². The van der Waals surface area contributed by atoms with Crippen LogP contribution in [-0.4, -0.2) is 20.8 Å². The number of halogens is 3. The average Bonchev–Trinajstić information content (AvgIpc) is 2.91. The Balaban J connectivity index is 1.83. The smallest absolute Gasteiger partial charge is 0.451 e. The zero-order valence-electron chi connectivity index (χ0n) is 14.4. The van der Waals surface area contributed by atoms with Crippen molar-refractivity contribution in [3.05, 3.63) is 63.7 Å². The SMILES string of the molecule is Cc1cccc(OCCCn2c(C(F)(F)F)nn3c(=O)cc(C)cc23)c1. The summed E-state index contributed by atoms with van der Waals surface area (Å²) in [7, 11) is 0. The highest BCUT2D eigenvalue weighted by Crippen LogP contribution is 2.29. The number of ether oxygens (including phenoxy) is 1. The third-order valence-electron chi connectivity index (χ3n) is 3.90. The maximum atomic E-state index is 13.3. The van der Waals surface area contributed by atoms with Gasteiger partial charge in [0.2, 0.25) is 5.82 Å². The number of fused-ring (bicyclic) bond motifs is 1. The standard InChI is InChI=1S/C18H18F3N3O2/c1-12-5-3-6-14(9-12)26-8-4-7-23-15-10-13(2)11-16(25)24(15)22-17(23)18(19,20)21/h3,5-6,9-11H,4,7-8H2,1-2H3. The fourth-order valence-corrected chi connectivity index (χ4v) is 2.77. The molecule has 0 fully saturated rings.